The van der Waals surface area contributed by atoms with Gasteiger partial charge in [0.25, 0.3) is 0 Å². The van der Waals surface area contributed by atoms with Crippen LogP contribution in [-0.2, 0) is 4.79 Å². The number of nitrogens with one attached hydrogen (secondary N) is 1. The molecular weight excluding hydrogens is 150 g/mol. The number of carbonyl (C=O) groups excluding carboxylic acids is 1. The third-order valence-corrected chi connectivity index (χ3v) is 1.75. The Labute approximate surface area is 75.7 Å². The second-order valence-electron chi connectivity index (χ2n) is 4.52. The number of carbonyl (C=O) groups is 1. The summed E-state index contributed by atoms with van der Waals surface area (Å²) in [6.45, 7) is 10.2. The minimum absolute atomic E-state index is 0.0927. The Morgan fingerprint density at radius 3 is 2.25 bits per heavy atom. The Balaban J connectivity index is 3.75. The van der Waals surface area contributed by atoms with Crippen LogP contribution in [0.15, 0.2) is 0 Å². The molecule has 0 saturated heterocycles. The minimum atomic E-state index is -0.0927. The molecule has 2 nitrogen and oxygen atoms in total. The van der Waals surface area contributed by atoms with E-state index in [1.807, 2.05) is 20.8 Å². The summed E-state index contributed by atoms with van der Waals surface area (Å²) in [6, 6.07) is 0. The fraction of sp³-hybridized carbons (Fsp3) is 0.900. The molecule has 0 aromatic carbocycles. The Hall–Kier alpha value is -0.530. The molecule has 1 atom stereocenters. The molecule has 0 rings (SSSR count). The highest BCUT2D eigenvalue weighted by Gasteiger charge is 2.14. The summed E-state index contributed by atoms with van der Waals surface area (Å²) in [6.07, 6.45) is 1.71. The van der Waals surface area contributed by atoms with Crippen LogP contribution in [0.3, 0.4) is 0 Å². The van der Waals surface area contributed by atoms with E-state index in [4.69, 9.17) is 0 Å². The average molecular weight is 171 g/mol. The van der Waals surface area contributed by atoms with Crippen molar-refractivity contribution in [1.82, 2.24) is 5.32 Å². The summed E-state index contributed by atoms with van der Waals surface area (Å²) in [5, 5.41) is 2.95. The van der Waals surface area contributed by atoms with E-state index in [9.17, 15) is 4.79 Å². The van der Waals surface area contributed by atoms with Crippen molar-refractivity contribution < 1.29 is 4.79 Å². The average Bonchev–Trinajstić information content (AvgIpc) is 1.82. The standard InChI is InChI=1S/C10H21NO/c1-6-8(2)7-9(12)11-10(3,4)5/h8H,6-7H2,1-5H3,(H,11,12). The zero-order chi connectivity index (χ0) is 9.78. The first-order chi connectivity index (χ1) is 5.35. The van der Waals surface area contributed by atoms with Crippen LogP contribution in [0.25, 0.3) is 0 Å². The van der Waals surface area contributed by atoms with E-state index in [1.165, 1.54) is 0 Å². The second-order valence-corrected chi connectivity index (χ2v) is 4.52. The first-order valence-corrected chi connectivity index (χ1v) is 4.66. The lowest BCUT2D eigenvalue weighted by molar-refractivity contribution is -0.123. The molecule has 2 heteroatoms. The van der Waals surface area contributed by atoms with Crippen LogP contribution in [0.5, 0.6) is 0 Å². The highest BCUT2D eigenvalue weighted by atomic mass is 16.1. The molecule has 1 amide bonds. The van der Waals surface area contributed by atoms with Crippen LogP contribution in [-0.4, -0.2) is 11.4 Å². The third-order valence-electron chi connectivity index (χ3n) is 1.75. The van der Waals surface area contributed by atoms with Gasteiger partial charge < -0.3 is 5.32 Å². The fourth-order valence-electron chi connectivity index (χ4n) is 0.930. The van der Waals surface area contributed by atoms with Crippen LogP contribution >= 0.6 is 0 Å². The molecule has 0 saturated carbocycles. The molecule has 0 aromatic heterocycles. The van der Waals surface area contributed by atoms with Gasteiger partial charge in [0.15, 0.2) is 0 Å². The molecule has 0 aliphatic carbocycles. The van der Waals surface area contributed by atoms with Crippen molar-refractivity contribution in [3.63, 3.8) is 0 Å². The Morgan fingerprint density at radius 2 is 1.92 bits per heavy atom. The summed E-state index contributed by atoms with van der Waals surface area (Å²) in [5.74, 6) is 0.657. The quantitative estimate of drug-likeness (QED) is 0.693. The molecule has 1 N–H and O–H groups in total. The molecule has 0 spiro atoms. The molecule has 72 valence electrons. The van der Waals surface area contributed by atoms with Gasteiger partial charge in [0, 0.05) is 12.0 Å². The van der Waals surface area contributed by atoms with Gasteiger partial charge >= 0.3 is 0 Å². The van der Waals surface area contributed by atoms with Gasteiger partial charge in [-0.25, -0.2) is 0 Å². The molecule has 0 heterocycles. The van der Waals surface area contributed by atoms with Crippen molar-refractivity contribution in [3.8, 4) is 0 Å². The number of amides is 1. The predicted molar refractivity (Wildman–Crippen MR) is 52.0 cm³/mol. The largest absolute Gasteiger partial charge is 0.352 e. The lowest BCUT2D eigenvalue weighted by atomic mass is 10.0. The van der Waals surface area contributed by atoms with Gasteiger partial charge in [0.05, 0.1) is 0 Å². The molecule has 0 aliphatic rings. The summed E-state index contributed by atoms with van der Waals surface area (Å²) < 4.78 is 0. The van der Waals surface area contributed by atoms with Crippen LogP contribution in [0.2, 0.25) is 0 Å². The molecule has 0 bridgehead atoms. The van der Waals surface area contributed by atoms with E-state index in [2.05, 4.69) is 19.2 Å². The van der Waals surface area contributed by atoms with Crippen LogP contribution in [0.4, 0.5) is 0 Å². The van der Waals surface area contributed by atoms with E-state index >= 15 is 0 Å². The summed E-state index contributed by atoms with van der Waals surface area (Å²) in [7, 11) is 0. The van der Waals surface area contributed by atoms with Crippen molar-refractivity contribution in [2.45, 2.75) is 53.0 Å². The van der Waals surface area contributed by atoms with E-state index in [-0.39, 0.29) is 11.4 Å². The lowest BCUT2D eigenvalue weighted by Crippen LogP contribution is -2.41. The van der Waals surface area contributed by atoms with Crippen molar-refractivity contribution >= 4 is 5.91 Å². The van der Waals surface area contributed by atoms with Gasteiger partial charge in [0.1, 0.15) is 0 Å². The third kappa shape index (κ3) is 6.20. The zero-order valence-electron chi connectivity index (χ0n) is 8.90. The maximum Gasteiger partial charge on any atom is 0.220 e. The topological polar surface area (TPSA) is 29.1 Å². The molecular formula is C10H21NO. The number of hydrogen-bond acceptors (Lipinski definition) is 1. The first-order valence-electron chi connectivity index (χ1n) is 4.66. The molecule has 0 fully saturated rings. The van der Waals surface area contributed by atoms with Gasteiger partial charge in [-0.15, -0.1) is 0 Å². The van der Waals surface area contributed by atoms with Gasteiger partial charge in [-0.2, -0.15) is 0 Å². The molecule has 0 radical (unpaired) electrons. The monoisotopic (exact) mass is 171 g/mol. The minimum Gasteiger partial charge on any atom is -0.352 e. The maximum atomic E-state index is 11.3. The SMILES string of the molecule is CCC(C)CC(=O)NC(C)(C)C. The van der Waals surface area contributed by atoms with Crippen LogP contribution < -0.4 is 5.32 Å². The molecule has 12 heavy (non-hydrogen) atoms. The smallest absolute Gasteiger partial charge is 0.220 e. The molecule has 0 aliphatic heterocycles. The van der Waals surface area contributed by atoms with Gasteiger partial charge in [-0.05, 0) is 26.7 Å². The number of rotatable bonds is 3. The van der Waals surface area contributed by atoms with E-state index in [0.717, 1.165) is 6.42 Å². The zero-order valence-corrected chi connectivity index (χ0v) is 8.90. The van der Waals surface area contributed by atoms with Crippen molar-refractivity contribution in [2.24, 2.45) is 5.92 Å². The van der Waals surface area contributed by atoms with E-state index in [0.29, 0.717) is 12.3 Å². The van der Waals surface area contributed by atoms with Gasteiger partial charge in [-0.1, -0.05) is 20.3 Å². The van der Waals surface area contributed by atoms with Gasteiger partial charge in [0.2, 0.25) is 5.91 Å². The van der Waals surface area contributed by atoms with Crippen molar-refractivity contribution in [3.05, 3.63) is 0 Å². The molecule has 0 aromatic rings. The van der Waals surface area contributed by atoms with Crippen molar-refractivity contribution in [2.75, 3.05) is 0 Å². The first kappa shape index (κ1) is 11.5. The summed E-state index contributed by atoms with van der Waals surface area (Å²) in [5.41, 5.74) is -0.0927. The normalized spacial score (nSPS) is 14.1. The maximum absolute atomic E-state index is 11.3. The summed E-state index contributed by atoms with van der Waals surface area (Å²) >= 11 is 0. The highest BCUT2D eigenvalue weighted by Crippen LogP contribution is 2.07. The van der Waals surface area contributed by atoms with Gasteiger partial charge in [-0.3, -0.25) is 4.79 Å². The van der Waals surface area contributed by atoms with Crippen LogP contribution in [0.1, 0.15) is 47.5 Å². The Morgan fingerprint density at radius 1 is 1.42 bits per heavy atom. The fourth-order valence-corrected chi connectivity index (χ4v) is 0.930. The van der Waals surface area contributed by atoms with Crippen molar-refractivity contribution in [1.29, 1.82) is 0 Å². The highest BCUT2D eigenvalue weighted by molar-refractivity contribution is 5.76. The Kier molecular flexibility index (Phi) is 4.29. The van der Waals surface area contributed by atoms with Crippen LogP contribution in [0, 0.1) is 5.92 Å². The second kappa shape index (κ2) is 4.48. The Bertz CT molecular complexity index is 146. The number of hydrogen-bond donors (Lipinski definition) is 1. The van der Waals surface area contributed by atoms with E-state index < -0.39 is 0 Å². The predicted octanol–water partition coefficient (Wildman–Crippen LogP) is 2.34. The van der Waals surface area contributed by atoms with E-state index in [1.54, 1.807) is 0 Å². The molecule has 1 unspecified atom stereocenters. The summed E-state index contributed by atoms with van der Waals surface area (Å²) in [4.78, 5) is 11.3. The lowest BCUT2D eigenvalue weighted by Gasteiger charge is -2.21.